The highest BCUT2D eigenvalue weighted by Gasteiger charge is 2.52. The fourth-order valence-corrected chi connectivity index (χ4v) is 2.39. The van der Waals surface area contributed by atoms with Crippen LogP contribution in [0.2, 0.25) is 0 Å². The molecule has 0 unspecified atom stereocenters. The zero-order chi connectivity index (χ0) is 17.1. The Balaban J connectivity index is 1.93. The molecule has 1 N–H and O–H groups in total. The van der Waals surface area contributed by atoms with Gasteiger partial charge >= 0.3 is 5.97 Å². The molecule has 1 fully saturated rings. The van der Waals surface area contributed by atoms with E-state index in [1.807, 2.05) is 44.2 Å². The number of carbonyl (C=O) groups excluding carboxylic acids is 2. The molecule has 1 aromatic carbocycles. The number of amides is 1. The van der Waals surface area contributed by atoms with Gasteiger partial charge in [-0.1, -0.05) is 44.2 Å². The number of nitrogens with one attached hydrogen (secondary N) is 1. The first kappa shape index (κ1) is 17.0. The van der Waals surface area contributed by atoms with Crippen LogP contribution in [-0.2, 0) is 19.7 Å². The Morgan fingerprint density at radius 3 is 2.43 bits per heavy atom. The molecule has 0 heterocycles. The third-order valence-electron chi connectivity index (χ3n) is 4.59. The predicted octanol–water partition coefficient (Wildman–Crippen LogP) is 2.32. The van der Waals surface area contributed by atoms with Crippen LogP contribution >= 0.6 is 0 Å². The first-order chi connectivity index (χ1) is 10.8. The van der Waals surface area contributed by atoms with Crippen molar-refractivity contribution in [3.05, 3.63) is 35.9 Å². The van der Waals surface area contributed by atoms with Gasteiger partial charge in [0.2, 0.25) is 0 Å². The quantitative estimate of drug-likeness (QED) is 0.817. The van der Waals surface area contributed by atoms with E-state index in [1.165, 1.54) is 0 Å². The number of rotatable bonds is 6. The van der Waals surface area contributed by atoms with Gasteiger partial charge in [0, 0.05) is 0 Å². The zero-order valence-corrected chi connectivity index (χ0v) is 13.8. The number of carbonyl (C=O) groups is 2. The summed E-state index contributed by atoms with van der Waals surface area (Å²) < 4.78 is 5.20. The van der Waals surface area contributed by atoms with Gasteiger partial charge in [-0.05, 0) is 31.2 Å². The van der Waals surface area contributed by atoms with Crippen molar-refractivity contribution in [3.63, 3.8) is 0 Å². The predicted molar refractivity (Wildman–Crippen MR) is 85.3 cm³/mol. The number of esters is 1. The number of ether oxygens (including phenoxy) is 1. The van der Waals surface area contributed by atoms with E-state index < -0.39 is 16.9 Å². The maximum absolute atomic E-state index is 12.3. The SMILES string of the molecule is CC(C)[C@@](C)(C#N)NC(=O)COC(=O)C1(c2ccccc2)CC1. The summed E-state index contributed by atoms with van der Waals surface area (Å²) in [7, 11) is 0. The van der Waals surface area contributed by atoms with Crippen molar-refractivity contribution in [1.82, 2.24) is 5.32 Å². The summed E-state index contributed by atoms with van der Waals surface area (Å²) >= 11 is 0. The van der Waals surface area contributed by atoms with Crippen LogP contribution in [0, 0.1) is 17.2 Å². The van der Waals surface area contributed by atoms with E-state index in [0.29, 0.717) is 0 Å². The molecule has 122 valence electrons. The maximum Gasteiger partial charge on any atom is 0.317 e. The van der Waals surface area contributed by atoms with Crippen LogP contribution in [0.4, 0.5) is 0 Å². The van der Waals surface area contributed by atoms with E-state index in [9.17, 15) is 14.9 Å². The average Bonchev–Trinajstić information content (AvgIpc) is 3.35. The normalized spacial score (nSPS) is 17.7. The van der Waals surface area contributed by atoms with E-state index in [4.69, 9.17) is 4.74 Å². The lowest BCUT2D eigenvalue weighted by Crippen LogP contribution is -2.50. The molecule has 5 nitrogen and oxygen atoms in total. The second kappa shape index (κ2) is 6.41. The molecular weight excluding hydrogens is 292 g/mol. The molecule has 5 heteroatoms. The summed E-state index contributed by atoms with van der Waals surface area (Å²) in [6.45, 7) is 5.00. The Labute approximate surface area is 136 Å². The molecule has 0 saturated heterocycles. The summed E-state index contributed by atoms with van der Waals surface area (Å²) in [5.74, 6) is -0.881. The molecule has 1 amide bonds. The van der Waals surface area contributed by atoms with Gasteiger partial charge in [0.25, 0.3) is 5.91 Å². The van der Waals surface area contributed by atoms with Gasteiger partial charge in [0.1, 0.15) is 5.54 Å². The van der Waals surface area contributed by atoms with Crippen LogP contribution in [0.3, 0.4) is 0 Å². The van der Waals surface area contributed by atoms with Gasteiger partial charge in [-0.2, -0.15) is 5.26 Å². The lowest BCUT2D eigenvalue weighted by atomic mass is 9.90. The van der Waals surface area contributed by atoms with E-state index in [1.54, 1.807) is 6.92 Å². The standard InChI is InChI=1S/C18H22N2O3/c1-13(2)17(3,12-19)20-15(21)11-23-16(22)18(9-10-18)14-7-5-4-6-8-14/h4-8,13H,9-11H2,1-3H3,(H,20,21)/t17-/m1/s1. The largest absolute Gasteiger partial charge is 0.455 e. The molecule has 0 radical (unpaired) electrons. The van der Waals surface area contributed by atoms with Crippen LogP contribution in [0.1, 0.15) is 39.2 Å². The highest BCUT2D eigenvalue weighted by Crippen LogP contribution is 2.49. The van der Waals surface area contributed by atoms with Crippen molar-refractivity contribution in [1.29, 1.82) is 5.26 Å². The van der Waals surface area contributed by atoms with Crippen molar-refractivity contribution >= 4 is 11.9 Å². The monoisotopic (exact) mass is 314 g/mol. The van der Waals surface area contributed by atoms with Crippen molar-refractivity contribution < 1.29 is 14.3 Å². The molecule has 23 heavy (non-hydrogen) atoms. The van der Waals surface area contributed by atoms with E-state index >= 15 is 0 Å². The van der Waals surface area contributed by atoms with Crippen molar-refractivity contribution in [2.24, 2.45) is 5.92 Å². The van der Waals surface area contributed by atoms with Crippen LogP contribution in [-0.4, -0.2) is 24.0 Å². The van der Waals surface area contributed by atoms with E-state index in [-0.39, 0.29) is 18.5 Å². The van der Waals surface area contributed by atoms with Crippen LogP contribution in [0.5, 0.6) is 0 Å². The summed E-state index contributed by atoms with van der Waals surface area (Å²) in [6.07, 6.45) is 1.47. The van der Waals surface area contributed by atoms with Crippen molar-refractivity contribution in [2.75, 3.05) is 6.61 Å². The molecule has 1 saturated carbocycles. The third kappa shape index (κ3) is 3.53. The minimum atomic E-state index is -0.972. The van der Waals surface area contributed by atoms with Crippen LogP contribution in [0.25, 0.3) is 0 Å². The lowest BCUT2D eigenvalue weighted by Gasteiger charge is -2.27. The Kier molecular flexibility index (Phi) is 4.74. The average molecular weight is 314 g/mol. The topological polar surface area (TPSA) is 79.2 Å². The Hall–Kier alpha value is -2.35. The van der Waals surface area contributed by atoms with Crippen molar-refractivity contribution in [2.45, 2.75) is 44.6 Å². The number of nitriles is 1. The second-order valence-corrected chi connectivity index (χ2v) is 6.54. The Morgan fingerprint density at radius 1 is 1.35 bits per heavy atom. The fourth-order valence-electron chi connectivity index (χ4n) is 2.39. The first-order valence-electron chi connectivity index (χ1n) is 7.79. The van der Waals surface area contributed by atoms with Gasteiger partial charge in [-0.3, -0.25) is 9.59 Å². The Bertz CT molecular complexity index is 629. The number of hydrogen-bond acceptors (Lipinski definition) is 4. The highest BCUT2D eigenvalue weighted by atomic mass is 16.5. The molecule has 1 aliphatic carbocycles. The van der Waals surface area contributed by atoms with Gasteiger partial charge in [-0.15, -0.1) is 0 Å². The molecule has 0 aromatic heterocycles. The molecule has 1 aliphatic rings. The third-order valence-corrected chi connectivity index (χ3v) is 4.59. The smallest absolute Gasteiger partial charge is 0.317 e. The second-order valence-electron chi connectivity index (χ2n) is 6.54. The minimum absolute atomic E-state index is 0.0498. The Morgan fingerprint density at radius 2 is 1.96 bits per heavy atom. The molecule has 1 aromatic rings. The van der Waals surface area contributed by atoms with Gasteiger partial charge in [0.15, 0.2) is 6.61 Å². The number of benzene rings is 1. The fraction of sp³-hybridized carbons (Fsp3) is 0.500. The highest BCUT2D eigenvalue weighted by molar-refractivity contribution is 5.89. The zero-order valence-electron chi connectivity index (χ0n) is 13.8. The van der Waals surface area contributed by atoms with Crippen LogP contribution < -0.4 is 5.32 Å². The van der Waals surface area contributed by atoms with Gasteiger partial charge in [-0.25, -0.2) is 0 Å². The molecule has 2 rings (SSSR count). The van der Waals surface area contributed by atoms with Gasteiger partial charge in [0.05, 0.1) is 11.5 Å². The lowest BCUT2D eigenvalue weighted by molar-refractivity contribution is -0.151. The van der Waals surface area contributed by atoms with E-state index in [0.717, 1.165) is 18.4 Å². The molecule has 0 bridgehead atoms. The van der Waals surface area contributed by atoms with E-state index in [2.05, 4.69) is 11.4 Å². The summed E-state index contributed by atoms with van der Waals surface area (Å²) in [5.41, 5.74) is -0.646. The van der Waals surface area contributed by atoms with Crippen LogP contribution in [0.15, 0.2) is 30.3 Å². The molecule has 0 aliphatic heterocycles. The molecular formula is C18H22N2O3. The summed E-state index contributed by atoms with van der Waals surface area (Å²) in [4.78, 5) is 24.3. The summed E-state index contributed by atoms with van der Waals surface area (Å²) in [6, 6.07) is 11.6. The number of hydrogen-bond donors (Lipinski definition) is 1. The summed E-state index contributed by atoms with van der Waals surface area (Å²) in [5, 5.41) is 11.8. The minimum Gasteiger partial charge on any atom is -0.455 e. The maximum atomic E-state index is 12.3. The molecule has 1 atom stereocenters. The van der Waals surface area contributed by atoms with Gasteiger partial charge < -0.3 is 10.1 Å². The first-order valence-corrected chi connectivity index (χ1v) is 7.79. The molecule has 0 spiro atoms. The number of nitrogens with zero attached hydrogens (tertiary/aromatic N) is 1. The van der Waals surface area contributed by atoms with Crippen molar-refractivity contribution in [3.8, 4) is 6.07 Å².